The zero-order chi connectivity index (χ0) is 19.8. The van der Waals surface area contributed by atoms with Crippen LogP contribution in [0.2, 0.25) is 4.34 Å². The number of anilines is 1. The minimum Gasteiger partial charge on any atom is -0.386 e. The summed E-state index contributed by atoms with van der Waals surface area (Å²) in [6.45, 7) is 0. The van der Waals surface area contributed by atoms with Crippen molar-refractivity contribution in [3.05, 3.63) is 79.5 Å². The lowest BCUT2D eigenvalue weighted by molar-refractivity contribution is 0.632. The molecule has 5 nitrogen and oxygen atoms in total. The molecule has 2 aromatic carbocycles. The maximum atomic E-state index is 14.1. The van der Waals surface area contributed by atoms with Crippen LogP contribution in [0.5, 0.6) is 0 Å². The van der Waals surface area contributed by atoms with Gasteiger partial charge in [0, 0.05) is 11.9 Å². The fraction of sp³-hybridized carbons (Fsp3) is 0.0526. The first kappa shape index (κ1) is 18.8. The standard InChI is InChI=1S/C19H13ClFN3O2S2/c1-22-15-9-14-12(8-13(15)21)18(25)24(19(26)23-14)10-2-4-11(5-3-10)27-17-7-6-16(20)28-17/h2-9,22H,1H3,(H,23,26). The monoisotopic (exact) mass is 433 g/mol. The Morgan fingerprint density at radius 3 is 2.54 bits per heavy atom. The van der Waals surface area contributed by atoms with E-state index < -0.39 is 17.1 Å². The Labute approximate surface area is 171 Å². The molecular weight excluding hydrogens is 421 g/mol. The molecule has 0 saturated carbocycles. The van der Waals surface area contributed by atoms with Crippen LogP contribution < -0.4 is 16.6 Å². The number of benzene rings is 2. The Morgan fingerprint density at radius 2 is 1.89 bits per heavy atom. The van der Waals surface area contributed by atoms with Crippen molar-refractivity contribution < 1.29 is 4.39 Å². The number of thiophene rings is 1. The molecule has 2 N–H and O–H groups in total. The van der Waals surface area contributed by atoms with Gasteiger partial charge in [0.2, 0.25) is 0 Å². The molecule has 0 saturated heterocycles. The number of hydrogen-bond donors (Lipinski definition) is 2. The van der Waals surface area contributed by atoms with Gasteiger partial charge in [-0.15, -0.1) is 11.3 Å². The summed E-state index contributed by atoms with van der Waals surface area (Å²) < 4.78 is 16.8. The fourth-order valence-electron chi connectivity index (χ4n) is 2.80. The van der Waals surface area contributed by atoms with E-state index in [1.807, 2.05) is 24.3 Å². The molecule has 142 valence electrons. The topological polar surface area (TPSA) is 66.9 Å². The third-order valence-electron chi connectivity index (χ3n) is 4.12. The molecule has 4 rings (SSSR count). The van der Waals surface area contributed by atoms with Gasteiger partial charge in [0.05, 0.1) is 30.8 Å². The molecule has 9 heteroatoms. The quantitative estimate of drug-likeness (QED) is 0.488. The first-order valence-electron chi connectivity index (χ1n) is 8.16. The lowest BCUT2D eigenvalue weighted by Crippen LogP contribution is -2.33. The van der Waals surface area contributed by atoms with E-state index in [2.05, 4.69) is 10.3 Å². The minimum atomic E-state index is -0.586. The van der Waals surface area contributed by atoms with E-state index in [9.17, 15) is 14.0 Å². The van der Waals surface area contributed by atoms with Gasteiger partial charge in [-0.3, -0.25) is 4.79 Å². The van der Waals surface area contributed by atoms with E-state index in [1.54, 1.807) is 19.2 Å². The van der Waals surface area contributed by atoms with Crippen molar-refractivity contribution >= 4 is 51.3 Å². The highest BCUT2D eigenvalue weighted by Gasteiger charge is 2.13. The van der Waals surface area contributed by atoms with E-state index in [0.717, 1.165) is 19.7 Å². The van der Waals surface area contributed by atoms with Gasteiger partial charge in [-0.25, -0.2) is 13.8 Å². The molecule has 0 radical (unpaired) electrons. The van der Waals surface area contributed by atoms with Crippen molar-refractivity contribution in [2.75, 3.05) is 12.4 Å². The van der Waals surface area contributed by atoms with Crippen LogP contribution >= 0.6 is 34.7 Å². The molecule has 0 fully saturated rings. The third-order valence-corrected chi connectivity index (χ3v) is 6.49. The molecule has 0 atom stereocenters. The third kappa shape index (κ3) is 3.46. The number of hydrogen-bond acceptors (Lipinski definition) is 5. The van der Waals surface area contributed by atoms with Crippen LogP contribution in [0.3, 0.4) is 0 Å². The maximum Gasteiger partial charge on any atom is 0.333 e. The van der Waals surface area contributed by atoms with Gasteiger partial charge < -0.3 is 10.3 Å². The number of halogens is 2. The normalized spacial score (nSPS) is 11.1. The van der Waals surface area contributed by atoms with Crippen molar-refractivity contribution in [1.82, 2.24) is 9.55 Å². The largest absolute Gasteiger partial charge is 0.386 e. The summed E-state index contributed by atoms with van der Waals surface area (Å²) in [6.07, 6.45) is 0. The SMILES string of the molecule is CNc1cc2[nH]c(=O)n(-c3ccc(Sc4ccc(Cl)s4)cc3)c(=O)c2cc1F. The molecule has 0 unspecified atom stereocenters. The summed E-state index contributed by atoms with van der Waals surface area (Å²) in [6, 6.07) is 13.3. The van der Waals surface area contributed by atoms with E-state index in [4.69, 9.17) is 11.6 Å². The summed E-state index contributed by atoms with van der Waals surface area (Å²) in [4.78, 5) is 28.9. The number of aromatic amines is 1. The van der Waals surface area contributed by atoms with Gasteiger partial charge >= 0.3 is 5.69 Å². The van der Waals surface area contributed by atoms with Gasteiger partial charge in [0.25, 0.3) is 5.56 Å². The molecular formula is C19H13ClFN3O2S2. The van der Waals surface area contributed by atoms with E-state index >= 15 is 0 Å². The zero-order valence-corrected chi connectivity index (χ0v) is 16.8. The van der Waals surface area contributed by atoms with Crippen molar-refractivity contribution in [2.24, 2.45) is 0 Å². The van der Waals surface area contributed by atoms with Gasteiger partial charge in [0.15, 0.2) is 0 Å². The van der Waals surface area contributed by atoms with Crippen molar-refractivity contribution in [3.8, 4) is 5.69 Å². The predicted octanol–water partition coefficient (Wildman–Crippen LogP) is 4.73. The molecule has 0 amide bonds. The Hall–Kier alpha value is -2.55. The summed E-state index contributed by atoms with van der Waals surface area (Å²) in [5, 5.41) is 2.78. The van der Waals surface area contributed by atoms with Crippen LogP contribution in [-0.4, -0.2) is 16.6 Å². The molecule has 0 aliphatic heterocycles. The Bertz CT molecular complexity index is 1300. The van der Waals surface area contributed by atoms with Gasteiger partial charge in [-0.05, 0) is 48.5 Å². The average Bonchev–Trinajstić information content (AvgIpc) is 3.08. The zero-order valence-electron chi connectivity index (χ0n) is 14.5. The fourth-order valence-corrected chi connectivity index (χ4v) is 5.07. The highest BCUT2D eigenvalue weighted by Crippen LogP contribution is 2.35. The van der Waals surface area contributed by atoms with Crippen LogP contribution in [0.1, 0.15) is 0 Å². The molecule has 4 aromatic rings. The highest BCUT2D eigenvalue weighted by molar-refractivity contribution is 8.01. The Kier molecular flexibility index (Phi) is 5.01. The minimum absolute atomic E-state index is 0.0998. The number of fused-ring (bicyclic) bond motifs is 1. The lowest BCUT2D eigenvalue weighted by Gasteiger charge is -2.09. The van der Waals surface area contributed by atoms with Crippen molar-refractivity contribution in [2.45, 2.75) is 9.10 Å². The molecule has 0 bridgehead atoms. The highest BCUT2D eigenvalue weighted by atomic mass is 35.5. The number of nitrogens with one attached hydrogen (secondary N) is 2. The molecule has 0 aliphatic rings. The van der Waals surface area contributed by atoms with Crippen LogP contribution in [0, 0.1) is 5.82 Å². The number of rotatable bonds is 4. The van der Waals surface area contributed by atoms with Crippen molar-refractivity contribution in [1.29, 1.82) is 0 Å². The number of H-pyrrole nitrogens is 1. The first-order valence-corrected chi connectivity index (χ1v) is 10.2. The van der Waals surface area contributed by atoms with E-state index in [-0.39, 0.29) is 16.6 Å². The second-order valence-corrected chi connectivity index (χ2v) is 8.94. The van der Waals surface area contributed by atoms with Crippen LogP contribution in [0.4, 0.5) is 10.1 Å². The van der Waals surface area contributed by atoms with Crippen LogP contribution in [-0.2, 0) is 0 Å². The van der Waals surface area contributed by atoms with E-state index in [0.29, 0.717) is 10.0 Å². The molecule has 28 heavy (non-hydrogen) atoms. The summed E-state index contributed by atoms with van der Waals surface area (Å²) in [7, 11) is 1.56. The Morgan fingerprint density at radius 1 is 1.14 bits per heavy atom. The molecule has 0 spiro atoms. The second kappa shape index (κ2) is 7.46. The maximum absolute atomic E-state index is 14.1. The molecule has 2 aromatic heterocycles. The van der Waals surface area contributed by atoms with Crippen LogP contribution in [0.15, 0.2) is 67.2 Å². The predicted molar refractivity (Wildman–Crippen MR) is 113 cm³/mol. The summed E-state index contributed by atoms with van der Waals surface area (Å²) >= 11 is 8.95. The smallest absolute Gasteiger partial charge is 0.333 e. The summed E-state index contributed by atoms with van der Waals surface area (Å²) in [5.74, 6) is -0.563. The number of aromatic nitrogens is 2. The first-order chi connectivity index (χ1) is 13.5. The molecule has 0 aliphatic carbocycles. The van der Waals surface area contributed by atoms with Gasteiger partial charge in [0.1, 0.15) is 5.82 Å². The van der Waals surface area contributed by atoms with Crippen molar-refractivity contribution in [3.63, 3.8) is 0 Å². The average molecular weight is 434 g/mol. The van der Waals surface area contributed by atoms with Crippen LogP contribution in [0.25, 0.3) is 16.6 Å². The van der Waals surface area contributed by atoms with Gasteiger partial charge in [-0.2, -0.15) is 0 Å². The Balaban J connectivity index is 1.76. The van der Waals surface area contributed by atoms with E-state index in [1.165, 1.54) is 29.2 Å². The summed E-state index contributed by atoms with van der Waals surface area (Å²) in [5.41, 5.74) is -0.281. The molecule has 2 heterocycles. The second-order valence-electron chi connectivity index (χ2n) is 5.85. The number of nitrogens with zero attached hydrogens (tertiary/aromatic N) is 1. The van der Waals surface area contributed by atoms with Gasteiger partial charge in [-0.1, -0.05) is 23.4 Å². The lowest BCUT2D eigenvalue weighted by atomic mass is 10.2.